The van der Waals surface area contributed by atoms with Gasteiger partial charge in [0, 0.05) is 25.5 Å². The van der Waals surface area contributed by atoms with Crippen molar-refractivity contribution in [3.05, 3.63) is 24.0 Å². The molecule has 4 heteroatoms. The van der Waals surface area contributed by atoms with Crippen molar-refractivity contribution in [2.75, 3.05) is 18.9 Å². The average Bonchev–Trinajstić information content (AvgIpc) is 2.34. The van der Waals surface area contributed by atoms with Crippen molar-refractivity contribution >= 4 is 11.6 Å². The quantitative estimate of drug-likeness (QED) is 0.723. The van der Waals surface area contributed by atoms with Gasteiger partial charge in [-0.1, -0.05) is 19.8 Å². The molecule has 0 saturated heterocycles. The zero-order chi connectivity index (χ0) is 11.8. The van der Waals surface area contributed by atoms with Gasteiger partial charge in [-0.2, -0.15) is 0 Å². The van der Waals surface area contributed by atoms with Gasteiger partial charge in [0.05, 0.1) is 0 Å². The van der Waals surface area contributed by atoms with Gasteiger partial charge >= 0.3 is 0 Å². The first-order valence-corrected chi connectivity index (χ1v) is 5.70. The fourth-order valence-electron chi connectivity index (χ4n) is 1.38. The van der Waals surface area contributed by atoms with Gasteiger partial charge in [-0.25, -0.2) is 0 Å². The van der Waals surface area contributed by atoms with E-state index in [4.69, 9.17) is 0 Å². The van der Waals surface area contributed by atoms with Gasteiger partial charge < -0.3 is 10.6 Å². The summed E-state index contributed by atoms with van der Waals surface area (Å²) in [7, 11) is 1.82. The number of carbonyl (C=O) groups excluding carboxylic acids is 1. The highest BCUT2D eigenvalue weighted by molar-refractivity contribution is 5.93. The Morgan fingerprint density at radius 3 is 2.94 bits per heavy atom. The van der Waals surface area contributed by atoms with Crippen molar-refractivity contribution in [2.45, 2.75) is 26.2 Å². The van der Waals surface area contributed by atoms with Gasteiger partial charge in [0.25, 0.3) is 5.91 Å². The Hall–Kier alpha value is -1.58. The Kier molecular flexibility index (Phi) is 5.32. The minimum absolute atomic E-state index is 0.104. The molecule has 0 unspecified atom stereocenters. The smallest absolute Gasteiger partial charge is 0.269 e. The molecule has 2 N–H and O–H groups in total. The lowest BCUT2D eigenvalue weighted by atomic mass is 10.2. The molecule has 0 aromatic carbocycles. The Bertz CT molecular complexity index is 339. The third-order valence-corrected chi connectivity index (χ3v) is 2.35. The molecule has 4 nitrogen and oxygen atoms in total. The summed E-state index contributed by atoms with van der Waals surface area (Å²) in [5, 5.41) is 5.83. The second-order valence-electron chi connectivity index (χ2n) is 3.64. The summed E-state index contributed by atoms with van der Waals surface area (Å²) in [6, 6.07) is 3.57. The number of unbranched alkanes of at least 4 members (excludes halogenated alkanes) is 2. The van der Waals surface area contributed by atoms with Crippen LogP contribution >= 0.6 is 0 Å². The maximum Gasteiger partial charge on any atom is 0.269 e. The van der Waals surface area contributed by atoms with Crippen LogP contribution in [-0.4, -0.2) is 24.5 Å². The maximum absolute atomic E-state index is 11.7. The maximum atomic E-state index is 11.7. The first kappa shape index (κ1) is 12.5. The van der Waals surface area contributed by atoms with E-state index in [9.17, 15) is 4.79 Å². The monoisotopic (exact) mass is 221 g/mol. The molecule has 0 atom stereocenters. The van der Waals surface area contributed by atoms with E-state index in [2.05, 4.69) is 22.5 Å². The summed E-state index contributed by atoms with van der Waals surface area (Å²) >= 11 is 0. The van der Waals surface area contributed by atoms with Crippen LogP contribution in [0.1, 0.15) is 36.7 Å². The van der Waals surface area contributed by atoms with E-state index < -0.39 is 0 Å². The van der Waals surface area contributed by atoms with E-state index in [1.54, 1.807) is 12.3 Å². The summed E-state index contributed by atoms with van der Waals surface area (Å²) < 4.78 is 0. The summed E-state index contributed by atoms with van der Waals surface area (Å²) in [5.41, 5.74) is 1.36. The molecular formula is C12H19N3O. The summed E-state index contributed by atoms with van der Waals surface area (Å²) in [5.74, 6) is -0.104. The highest BCUT2D eigenvalue weighted by atomic mass is 16.1. The van der Waals surface area contributed by atoms with Crippen LogP contribution in [0.15, 0.2) is 18.3 Å². The molecule has 88 valence electrons. The summed E-state index contributed by atoms with van der Waals surface area (Å²) in [4.78, 5) is 15.7. The van der Waals surface area contributed by atoms with Gasteiger partial charge in [0.1, 0.15) is 5.69 Å². The van der Waals surface area contributed by atoms with Crippen molar-refractivity contribution < 1.29 is 4.79 Å². The molecule has 1 rings (SSSR count). The van der Waals surface area contributed by atoms with Crippen LogP contribution in [-0.2, 0) is 0 Å². The number of hydrogen-bond acceptors (Lipinski definition) is 3. The Labute approximate surface area is 96.5 Å². The molecule has 0 aliphatic heterocycles. The van der Waals surface area contributed by atoms with Crippen LogP contribution in [0.2, 0.25) is 0 Å². The van der Waals surface area contributed by atoms with Gasteiger partial charge in [0.2, 0.25) is 0 Å². The number of aromatic nitrogens is 1. The first-order valence-electron chi connectivity index (χ1n) is 5.70. The van der Waals surface area contributed by atoms with Crippen LogP contribution in [0, 0.1) is 0 Å². The van der Waals surface area contributed by atoms with Crippen LogP contribution in [0.5, 0.6) is 0 Å². The number of hydrogen-bond donors (Lipinski definition) is 2. The predicted octanol–water partition coefficient (Wildman–Crippen LogP) is 2.04. The molecule has 1 aromatic heterocycles. The number of nitrogens with zero attached hydrogens (tertiary/aromatic N) is 1. The lowest BCUT2D eigenvalue weighted by molar-refractivity contribution is 0.0948. The molecule has 1 heterocycles. The minimum atomic E-state index is -0.104. The number of carbonyl (C=O) groups is 1. The Balaban J connectivity index is 2.46. The standard InChI is InChI=1S/C12H19N3O/c1-3-4-5-7-15-12(16)11-9-10(13-2)6-8-14-11/h6,8-9H,3-5,7H2,1-2H3,(H,13,14)(H,15,16). The fraction of sp³-hybridized carbons (Fsp3) is 0.500. The molecular weight excluding hydrogens is 202 g/mol. The van der Waals surface area contributed by atoms with Crippen molar-refractivity contribution in [3.8, 4) is 0 Å². The van der Waals surface area contributed by atoms with Crippen molar-refractivity contribution in [3.63, 3.8) is 0 Å². The van der Waals surface area contributed by atoms with E-state index >= 15 is 0 Å². The lowest BCUT2D eigenvalue weighted by Crippen LogP contribution is -2.25. The van der Waals surface area contributed by atoms with Gasteiger partial charge in [-0.15, -0.1) is 0 Å². The third-order valence-electron chi connectivity index (χ3n) is 2.35. The number of pyridine rings is 1. The highest BCUT2D eigenvalue weighted by Crippen LogP contribution is 2.06. The predicted molar refractivity (Wildman–Crippen MR) is 65.6 cm³/mol. The largest absolute Gasteiger partial charge is 0.388 e. The molecule has 0 aliphatic carbocycles. The normalized spacial score (nSPS) is 9.88. The molecule has 1 aromatic rings. The topological polar surface area (TPSA) is 54.0 Å². The summed E-state index contributed by atoms with van der Waals surface area (Å²) in [6.07, 6.45) is 4.95. The van der Waals surface area contributed by atoms with Crippen molar-refractivity contribution in [1.82, 2.24) is 10.3 Å². The van der Waals surface area contributed by atoms with Crippen LogP contribution in [0.25, 0.3) is 0 Å². The van der Waals surface area contributed by atoms with Crippen LogP contribution in [0.4, 0.5) is 5.69 Å². The number of anilines is 1. The van der Waals surface area contributed by atoms with E-state index in [1.165, 1.54) is 0 Å². The number of rotatable bonds is 6. The van der Waals surface area contributed by atoms with Gasteiger partial charge in [0.15, 0.2) is 0 Å². The SMILES string of the molecule is CCCCCNC(=O)c1cc(NC)ccn1. The fourth-order valence-corrected chi connectivity index (χ4v) is 1.38. The minimum Gasteiger partial charge on any atom is -0.388 e. The van der Waals surface area contributed by atoms with Crippen LogP contribution < -0.4 is 10.6 Å². The molecule has 0 radical (unpaired) electrons. The molecule has 0 spiro atoms. The number of nitrogens with one attached hydrogen (secondary N) is 2. The summed E-state index contributed by atoms with van der Waals surface area (Å²) in [6.45, 7) is 2.86. The first-order chi connectivity index (χ1) is 7.77. The number of amides is 1. The van der Waals surface area contributed by atoms with Crippen molar-refractivity contribution in [2.24, 2.45) is 0 Å². The molecule has 0 saturated carbocycles. The average molecular weight is 221 g/mol. The molecule has 16 heavy (non-hydrogen) atoms. The lowest BCUT2D eigenvalue weighted by Gasteiger charge is -2.05. The third kappa shape index (κ3) is 3.88. The van der Waals surface area contributed by atoms with Crippen LogP contribution in [0.3, 0.4) is 0 Å². The van der Waals surface area contributed by atoms with E-state index in [0.29, 0.717) is 5.69 Å². The Morgan fingerprint density at radius 2 is 2.25 bits per heavy atom. The van der Waals surface area contributed by atoms with Gasteiger partial charge in [-0.3, -0.25) is 9.78 Å². The molecule has 1 amide bonds. The second-order valence-corrected chi connectivity index (χ2v) is 3.64. The molecule has 0 bridgehead atoms. The van der Waals surface area contributed by atoms with E-state index in [1.807, 2.05) is 13.1 Å². The van der Waals surface area contributed by atoms with Crippen molar-refractivity contribution in [1.29, 1.82) is 0 Å². The molecule has 0 aliphatic rings. The zero-order valence-electron chi connectivity index (χ0n) is 9.92. The molecule has 0 fully saturated rings. The Morgan fingerprint density at radius 1 is 1.44 bits per heavy atom. The highest BCUT2D eigenvalue weighted by Gasteiger charge is 2.06. The zero-order valence-corrected chi connectivity index (χ0v) is 9.92. The van der Waals surface area contributed by atoms with E-state index in [-0.39, 0.29) is 5.91 Å². The van der Waals surface area contributed by atoms with Gasteiger partial charge in [-0.05, 0) is 18.6 Å². The second kappa shape index (κ2) is 6.82. The van der Waals surface area contributed by atoms with E-state index in [0.717, 1.165) is 31.5 Å².